The number of alkyl halides is 3. The molecule has 0 N–H and O–H groups in total. The van der Waals surface area contributed by atoms with Gasteiger partial charge in [-0.2, -0.15) is 13.2 Å². The molecule has 0 saturated carbocycles. The molecule has 20 heavy (non-hydrogen) atoms. The van der Waals surface area contributed by atoms with Gasteiger partial charge in [0, 0.05) is 6.61 Å². The summed E-state index contributed by atoms with van der Waals surface area (Å²) in [5.74, 6) is 0. The maximum Gasteiger partial charge on any atom is 0.416 e. The van der Waals surface area contributed by atoms with Crippen molar-refractivity contribution in [2.75, 3.05) is 6.61 Å². The Morgan fingerprint density at radius 2 is 2.00 bits per heavy atom. The molecule has 0 amide bonds. The first kappa shape index (κ1) is 16.4. The van der Waals surface area contributed by atoms with Gasteiger partial charge >= 0.3 is 6.18 Å². The summed E-state index contributed by atoms with van der Waals surface area (Å²) in [4.78, 5) is 10.0. The van der Waals surface area contributed by atoms with Crippen LogP contribution in [0.5, 0.6) is 0 Å². The summed E-state index contributed by atoms with van der Waals surface area (Å²) in [6, 6.07) is 5.14. The number of benzene rings is 1. The highest BCUT2D eigenvalue weighted by Crippen LogP contribution is 2.29. The molecule has 0 heterocycles. The van der Waals surface area contributed by atoms with Gasteiger partial charge in [-0.25, -0.2) is 0 Å². The first-order chi connectivity index (χ1) is 9.54. The largest absolute Gasteiger partial charge is 0.416 e. The smallest absolute Gasteiger partial charge is 0.377 e. The van der Waals surface area contributed by atoms with Crippen LogP contribution in [0.3, 0.4) is 0 Å². The normalized spacial score (nSPS) is 11.9. The average Bonchev–Trinajstić information content (AvgIpc) is 2.41. The van der Waals surface area contributed by atoms with Crippen LogP contribution in [0.4, 0.5) is 13.2 Å². The quantitative estimate of drug-likeness (QED) is 0.408. The predicted molar refractivity (Wildman–Crippen MR) is 70.2 cm³/mol. The van der Waals surface area contributed by atoms with Gasteiger partial charge in [0.1, 0.15) is 6.29 Å². The summed E-state index contributed by atoms with van der Waals surface area (Å²) in [5.41, 5.74) is -0.140. The SMILES string of the molecule is O=CC=CCCCCOCc1cccc(C(F)(F)F)c1. The molecule has 0 aromatic heterocycles. The molecule has 0 atom stereocenters. The van der Waals surface area contributed by atoms with E-state index in [9.17, 15) is 18.0 Å². The zero-order valence-corrected chi connectivity index (χ0v) is 11.0. The van der Waals surface area contributed by atoms with Crippen molar-refractivity contribution < 1.29 is 22.7 Å². The minimum Gasteiger partial charge on any atom is -0.377 e. The maximum absolute atomic E-state index is 12.5. The standard InChI is InChI=1S/C15H17F3O2/c16-15(17,18)14-8-6-7-13(11-14)12-20-10-5-3-1-2-4-9-19/h2,4,6-9,11H,1,3,5,10,12H2. The number of carbonyl (C=O) groups is 1. The van der Waals surface area contributed by atoms with E-state index in [-0.39, 0.29) is 6.61 Å². The van der Waals surface area contributed by atoms with Gasteiger partial charge in [0.05, 0.1) is 12.2 Å². The maximum atomic E-state index is 12.5. The number of carbonyl (C=O) groups excluding carboxylic acids is 1. The van der Waals surface area contributed by atoms with E-state index in [0.29, 0.717) is 12.2 Å². The van der Waals surface area contributed by atoms with Crippen LogP contribution in [0.2, 0.25) is 0 Å². The van der Waals surface area contributed by atoms with Crippen LogP contribution < -0.4 is 0 Å². The summed E-state index contributed by atoms with van der Waals surface area (Å²) >= 11 is 0. The molecule has 0 aliphatic heterocycles. The Balaban J connectivity index is 2.25. The second-order valence-electron chi connectivity index (χ2n) is 4.31. The highest BCUT2D eigenvalue weighted by molar-refractivity contribution is 5.64. The van der Waals surface area contributed by atoms with Gasteiger partial charge in [-0.05, 0) is 43.0 Å². The third-order valence-corrected chi connectivity index (χ3v) is 2.65. The fourth-order valence-electron chi connectivity index (χ4n) is 1.65. The first-order valence-electron chi connectivity index (χ1n) is 6.38. The lowest BCUT2D eigenvalue weighted by Gasteiger charge is -2.09. The lowest BCUT2D eigenvalue weighted by Crippen LogP contribution is -2.05. The van der Waals surface area contributed by atoms with Crippen molar-refractivity contribution in [3.63, 3.8) is 0 Å². The molecule has 0 saturated heterocycles. The summed E-state index contributed by atoms with van der Waals surface area (Å²) in [5, 5.41) is 0. The molecule has 1 aromatic rings. The van der Waals surface area contributed by atoms with Crippen LogP contribution in [0.1, 0.15) is 30.4 Å². The summed E-state index contributed by atoms with van der Waals surface area (Å²) < 4.78 is 42.8. The van der Waals surface area contributed by atoms with Gasteiger partial charge in [0.2, 0.25) is 0 Å². The van der Waals surface area contributed by atoms with Gasteiger partial charge in [0.25, 0.3) is 0 Å². The molecule has 5 heteroatoms. The minimum atomic E-state index is -4.32. The lowest BCUT2D eigenvalue weighted by molar-refractivity contribution is -0.137. The summed E-state index contributed by atoms with van der Waals surface area (Å²) in [6.45, 7) is 0.666. The van der Waals surface area contributed by atoms with Crippen molar-refractivity contribution in [3.8, 4) is 0 Å². The number of rotatable bonds is 8. The van der Waals surface area contributed by atoms with Crippen molar-refractivity contribution >= 4 is 6.29 Å². The van der Waals surface area contributed by atoms with Crippen LogP contribution in [0, 0.1) is 0 Å². The van der Waals surface area contributed by atoms with E-state index in [0.717, 1.165) is 37.7 Å². The van der Waals surface area contributed by atoms with E-state index in [1.54, 1.807) is 12.1 Å². The van der Waals surface area contributed by atoms with Crippen molar-refractivity contribution in [3.05, 3.63) is 47.5 Å². The Labute approximate surface area is 116 Å². The molecule has 0 aliphatic rings. The monoisotopic (exact) mass is 286 g/mol. The Morgan fingerprint density at radius 1 is 1.20 bits per heavy atom. The van der Waals surface area contributed by atoms with Gasteiger partial charge in [-0.1, -0.05) is 18.2 Å². The molecular formula is C15H17F3O2. The second kappa shape index (κ2) is 8.53. The number of hydrogen-bond acceptors (Lipinski definition) is 2. The number of allylic oxidation sites excluding steroid dienone is 2. The Hall–Kier alpha value is -1.62. The van der Waals surface area contributed by atoms with Crippen molar-refractivity contribution in [1.29, 1.82) is 0 Å². The number of ether oxygens (including phenoxy) is 1. The Morgan fingerprint density at radius 3 is 2.70 bits per heavy atom. The van der Waals surface area contributed by atoms with Crippen LogP contribution in [-0.2, 0) is 22.3 Å². The Bertz CT molecular complexity index is 439. The van der Waals surface area contributed by atoms with E-state index in [4.69, 9.17) is 4.74 Å². The number of halogens is 3. The highest BCUT2D eigenvalue weighted by Gasteiger charge is 2.30. The third-order valence-electron chi connectivity index (χ3n) is 2.65. The molecule has 0 aliphatic carbocycles. The van der Waals surface area contributed by atoms with E-state index < -0.39 is 11.7 Å². The van der Waals surface area contributed by atoms with Crippen LogP contribution >= 0.6 is 0 Å². The second-order valence-corrected chi connectivity index (χ2v) is 4.31. The van der Waals surface area contributed by atoms with Gasteiger partial charge in [0.15, 0.2) is 0 Å². The molecule has 1 rings (SSSR count). The van der Waals surface area contributed by atoms with Crippen molar-refractivity contribution in [2.24, 2.45) is 0 Å². The number of aldehydes is 1. The zero-order valence-electron chi connectivity index (χ0n) is 11.0. The average molecular weight is 286 g/mol. The molecule has 0 bridgehead atoms. The molecule has 0 fully saturated rings. The van der Waals surface area contributed by atoms with E-state index in [2.05, 4.69) is 0 Å². The molecule has 0 spiro atoms. The molecule has 1 aromatic carbocycles. The molecule has 2 nitrogen and oxygen atoms in total. The van der Waals surface area contributed by atoms with Crippen LogP contribution in [0.15, 0.2) is 36.4 Å². The molecule has 0 unspecified atom stereocenters. The van der Waals surface area contributed by atoms with Gasteiger partial charge in [-0.3, -0.25) is 4.79 Å². The van der Waals surface area contributed by atoms with Crippen molar-refractivity contribution in [1.82, 2.24) is 0 Å². The molecular weight excluding hydrogens is 269 g/mol. The van der Waals surface area contributed by atoms with Crippen LogP contribution in [-0.4, -0.2) is 12.9 Å². The van der Waals surface area contributed by atoms with Gasteiger partial charge < -0.3 is 4.74 Å². The number of unbranched alkanes of at least 4 members (excludes halogenated alkanes) is 2. The fraction of sp³-hybridized carbons (Fsp3) is 0.400. The fourth-order valence-corrected chi connectivity index (χ4v) is 1.65. The summed E-state index contributed by atoms with van der Waals surface area (Å²) in [6.07, 6.45) is 2.12. The number of hydrogen-bond donors (Lipinski definition) is 0. The van der Waals surface area contributed by atoms with Crippen LogP contribution in [0.25, 0.3) is 0 Å². The summed E-state index contributed by atoms with van der Waals surface area (Å²) in [7, 11) is 0. The van der Waals surface area contributed by atoms with E-state index in [1.165, 1.54) is 12.1 Å². The van der Waals surface area contributed by atoms with Gasteiger partial charge in [-0.15, -0.1) is 0 Å². The first-order valence-corrected chi connectivity index (χ1v) is 6.38. The Kier molecular flexibility index (Phi) is 7.01. The highest BCUT2D eigenvalue weighted by atomic mass is 19.4. The molecule has 0 radical (unpaired) electrons. The van der Waals surface area contributed by atoms with Crippen molar-refractivity contribution in [2.45, 2.75) is 32.0 Å². The third kappa shape index (κ3) is 6.52. The topological polar surface area (TPSA) is 26.3 Å². The minimum absolute atomic E-state index is 0.175. The van der Waals surface area contributed by atoms with E-state index >= 15 is 0 Å². The molecule has 110 valence electrons. The lowest BCUT2D eigenvalue weighted by atomic mass is 10.1. The predicted octanol–water partition coefficient (Wildman–Crippen LogP) is 4.15. The van der Waals surface area contributed by atoms with E-state index in [1.807, 2.05) is 0 Å². The zero-order chi connectivity index (χ0) is 14.8.